The van der Waals surface area contributed by atoms with E-state index in [4.69, 9.17) is 4.74 Å². The Kier molecular flexibility index (Phi) is 4.58. The third kappa shape index (κ3) is 3.28. The van der Waals surface area contributed by atoms with Crippen molar-refractivity contribution in [2.75, 3.05) is 13.2 Å². The molecule has 27 heavy (non-hydrogen) atoms. The van der Waals surface area contributed by atoms with Gasteiger partial charge in [0, 0.05) is 42.5 Å². The van der Waals surface area contributed by atoms with E-state index in [-0.39, 0.29) is 11.7 Å². The summed E-state index contributed by atoms with van der Waals surface area (Å²) in [5.74, 6) is -0.110. The maximum Gasteiger partial charge on any atom is 0.259 e. The predicted molar refractivity (Wildman–Crippen MR) is 97.8 cm³/mol. The van der Waals surface area contributed by atoms with Gasteiger partial charge in [-0.05, 0) is 31.2 Å². The molecule has 0 bridgehead atoms. The molecule has 1 amide bonds. The molecule has 0 saturated carbocycles. The number of aromatic nitrogens is 3. The van der Waals surface area contributed by atoms with Crippen LogP contribution in [0.4, 0.5) is 4.39 Å². The molecular weight excluding hydrogens is 347 g/mol. The van der Waals surface area contributed by atoms with Crippen molar-refractivity contribution in [3.8, 4) is 17.1 Å². The van der Waals surface area contributed by atoms with Crippen molar-refractivity contribution in [1.29, 1.82) is 0 Å². The molecule has 3 heterocycles. The molecule has 4 rings (SSSR count). The number of fused-ring (bicyclic) bond motifs is 1. The summed E-state index contributed by atoms with van der Waals surface area (Å²) in [6.45, 7) is 3.26. The Morgan fingerprint density at radius 3 is 3.04 bits per heavy atom. The lowest BCUT2D eigenvalue weighted by Crippen LogP contribution is -2.36. The predicted octanol–water partition coefficient (Wildman–Crippen LogP) is 3.21. The van der Waals surface area contributed by atoms with Gasteiger partial charge in [0.15, 0.2) is 0 Å². The minimum atomic E-state index is -0.315. The Bertz CT molecular complexity index is 986. The molecule has 0 radical (unpaired) electrons. The van der Waals surface area contributed by atoms with Crippen LogP contribution in [-0.4, -0.2) is 39.1 Å². The Hall–Kier alpha value is -3.22. The number of pyridine rings is 1. The highest BCUT2D eigenvalue weighted by Gasteiger charge is 2.28. The number of hydrogen-bond donors (Lipinski definition) is 1. The number of H-pyrrole nitrogens is 1. The van der Waals surface area contributed by atoms with E-state index in [1.54, 1.807) is 29.3 Å². The number of carbonyl (C=O) groups is 1. The molecule has 0 aliphatic carbocycles. The van der Waals surface area contributed by atoms with E-state index in [0.29, 0.717) is 48.8 Å². The first kappa shape index (κ1) is 17.2. The highest BCUT2D eigenvalue weighted by Crippen LogP contribution is 2.30. The van der Waals surface area contributed by atoms with Crippen molar-refractivity contribution in [1.82, 2.24) is 20.1 Å². The average Bonchev–Trinajstić information content (AvgIpc) is 3.11. The molecule has 0 fully saturated rings. The van der Waals surface area contributed by atoms with Crippen LogP contribution in [0, 0.1) is 5.82 Å². The van der Waals surface area contributed by atoms with Crippen molar-refractivity contribution in [2.45, 2.75) is 19.9 Å². The molecule has 6 nitrogen and oxygen atoms in total. The van der Waals surface area contributed by atoms with Gasteiger partial charge in [0.1, 0.15) is 11.4 Å². The number of amides is 1. The van der Waals surface area contributed by atoms with Crippen molar-refractivity contribution in [2.24, 2.45) is 0 Å². The topological polar surface area (TPSA) is 71.1 Å². The maximum absolute atomic E-state index is 13.6. The largest absolute Gasteiger partial charge is 0.477 e. The second kappa shape index (κ2) is 7.19. The molecule has 0 atom stereocenters. The van der Waals surface area contributed by atoms with Gasteiger partial charge in [0.25, 0.3) is 5.91 Å². The molecular formula is C20H19FN4O2. The van der Waals surface area contributed by atoms with E-state index in [2.05, 4.69) is 15.2 Å². The van der Waals surface area contributed by atoms with Crippen LogP contribution >= 0.6 is 0 Å². The van der Waals surface area contributed by atoms with Crippen LogP contribution in [0.25, 0.3) is 11.3 Å². The monoisotopic (exact) mass is 366 g/mol. The molecule has 2 aromatic heterocycles. The Balaban J connectivity index is 1.64. The molecule has 3 aromatic rings. The lowest BCUT2D eigenvalue weighted by atomic mass is 10.0. The molecule has 1 aromatic carbocycles. The summed E-state index contributed by atoms with van der Waals surface area (Å²) in [7, 11) is 0. The van der Waals surface area contributed by atoms with Gasteiger partial charge in [0.05, 0.1) is 12.3 Å². The van der Waals surface area contributed by atoms with Gasteiger partial charge in [-0.25, -0.2) is 9.37 Å². The summed E-state index contributed by atoms with van der Waals surface area (Å²) < 4.78 is 19.1. The zero-order valence-electron chi connectivity index (χ0n) is 14.9. The maximum atomic E-state index is 13.6. The minimum Gasteiger partial charge on any atom is -0.477 e. The van der Waals surface area contributed by atoms with Crippen LogP contribution in [0.1, 0.15) is 28.5 Å². The summed E-state index contributed by atoms with van der Waals surface area (Å²) in [4.78, 5) is 19.0. The van der Waals surface area contributed by atoms with Gasteiger partial charge in [-0.1, -0.05) is 12.1 Å². The van der Waals surface area contributed by atoms with E-state index in [9.17, 15) is 9.18 Å². The SMILES string of the molecule is CCOc1ncccc1C(=O)N1CCc2[nH]nc(-c3cccc(F)c3)c2C1. The molecule has 0 unspecified atom stereocenters. The lowest BCUT2D eigenvalue weighted by molar-refractivity contribution is 0.0729. The van der Waals surface area contributed by atoms with Crippen LogP contribution < -0.4 is 4.74 Å². The van der Waals surface area contributed by atoms with E-state index in [1.165, 1.54) is 12.1 Å². The Labute approximate surface area is 156 Å². The number of halogens is 1. The first-order valence-electron chi connectivity index (χ1n) is 8.86. The number of nitrogens with zero attached hydrogens (tertiary/aromatic N) is 3. The number of hydrogen-bond acceptors (Lipinski definition) is 4. The zero-order chi connectivity index (χ0) is 18.8. The molecule has 7 heteroatoms. The lowest BCUT2D eigenvalue weighted by Gasteiger charge is -2.27. The summed E-state index contributed by atoms with van der Waals surface area (Å²) in [6.07, 6.45) is 2.27. The minimum absolute atomic E-state index is 0.136. The van der Waals surface area contributed by atoms with Crippen molar-refractivity contribution >= 4 is 5.91 Å². The van der Waals surface area contributed by atoms with Crippen LogP contribution in [0.5, 0.6) is 5.88 Å². The van der Waals surface area contributed by atoms with Gasteiger partial charge in [-0.15, -0.1) is 0 Å². The highest BCUT2D eigenvalue weighted by molar-refractivity contribution is 5.96. The number of benzene rings is 1. The van der Waals surface area contributed by atoms with Gasteiger partial charge in [-0.3, -0.25) is 9.89 Å². The van der Waals surface area contributed by atoms with Gasteiger partial charge in [-0.2, -0.15) is 5.10 Å². The van der Waals surface area contributed by atoms with Crippen LogP contribution in [0.3, 0.4) is 0 Å². The molecule has 1 N–H and O–H groups in total. The number of rotatable bonds is 4. The first-order valence-corrected chi connectivity index (χ1v) is 8.86. The normalized spacial score (nSPS) is 13.3. The van der Waals surface area contributed by atoms with Crippen LogP contribution in [-0.2, 0) is 13.0 Å². The Morgan fingerprint density at radius 1 is 1.33 bits per heavy atom. The Morgan fingerprint density at radius 2 is 2.22 bits per heavy atom. The van der Waals surface area contributed by atoms with Crippen molar-refractivity contribution in [3.05, 3.63) is 65.2 Å². The third-order valence-electron chi connectivity index (χ3n) is 4.60. The van der Waals surface area contributed by atoms with E-state index >= 15 is 0 Å². The number of aromatic amines is 1. The average molecular weight is 366 g/mol. The van der Waals surface area contributed by atoms with Crippen molar-refractivity contribution in [3.63, 3.8) is 0 Å². The fraction of sp³-hybridized carbons (Fsp3) is 0.250. The quantitative estimate of drug-likeness (QED) is 0.770. The van der Waals surface area contributed by atoms with E-state index in [0.717, 1.165) is 11.3 Å². The fourth-order valence-electron chi connectivity index (χ4n) is 3.32. The summed E-state index contributed by atoms with van der Waals surface area (Å²) in [5.41, 5.74) is 3.71. The molecule has 0 saturated heterocycles. The van der Waals surface area contributed by atoms with Gasteiger partial charge in [0.2, 0.25) is 5.88 Å². The fourth-order valence-corrected chi connectivity index (χ4v) is 3.32. The van der Waals surface area contributed by atoms with E-state index in [1.807, 2.05) is 13.0 Å². The number of ether oxygens (including phenoxy) is 1. The summed E-state index contributed by atoms with van der Waals surface area (Å²) in [5, 5.41) is 7.38. The second-order valence-corrected chi connectivity index (χ2v) is 6.31. The first-order chi connectivity index (χ1) is 13.2. The molecule has 138 valence electrons. The van der Waals surface area contributed by atoms with Crippen LogP contribution in [0.15, 0.2) is 42.6 Å². The molecule has 0 spiro atoms. The number of carbonyl (C=O) groups excluding carboxylic acids is 1. The van der Waals surface area contributed by atoms with Gasteiger partial charge >= 0.3 is 0 Å². The van der Waals surface area contributed by atoms with Gasteiger partial charge < -0.3 is 9.64 Å². The second-order valence-electron chi connectivity index (χ2n) is 6.31. The standard InChI is InChI=1S/C20H19FN4O2/c1-2-27-19-15(7-4-9-22-19)20(26)25-10-8-17-16(12-25)18(24-23-17)13-5-3-6-14(21)11-13/h3-7,9,11H,2,8,10,12H2,1H3,(H,23,24). The smallest absolute Gasteiger partial charge is 0.259 e. The van der Waals surface area contributed by atoms with Crippen LogP contribution in [0.2, 0.25) is 0 Å². The summed E-state index contributed by atoms with van der Waals surface area (Å²) >= 11 is 0. The highest BCUT2D eigenvalue weighted by atomic mass is 19.1. The van der Waals surface area contributed by atoms with E-state index < -0.39 is 0 Å². The number of nitrogens with one attached hydrogen (secondary N) is 1. The molecule has 1 aliphatic heterocycles. The third-order valence-corrected chi connectivity index (χ3v) is 4.60. The molecule has 1 aliphatic rings. The van der Waals surface area contributed by atoms with Crippen molar-refractivity contribution < 1.29 is 13.9 Å². The zero-order valence-corrected chi connectivity index (χ0v) is 14.9. The summed E-state index contributed by atoms with van der Waals surface area (Å²) in [6, 6.07) is 9.76.